The van der Waals surface area contributed by atoms with Crippen LogP contribution in [-0.2, 0) is 14.3 Å². The second-order valence-electron chi connectivity index (χ2n) is 6.56. The number of esters is 1. The fourth-order valence-corrected chi connectivity index (χ4v) is 3.02. The summed E-state index contributed by atoms with van der Waals surface area (Å²) in [4.78, 5) is 28.0. The molecule has 1 saturated heterocycles. The van der Waals surface area contributed by atoms with Crippen LogP contribution in [0.5, 0.6) is 5.75 Å². The van der Waals surface area contributed by atoms with Gasteiger partial charge >= 0.3 is 5.97 Å². The molecular weight excluding hydrogens is 375 g/mol. The van der Waals surface area contributed by atoms with E-state index in [1.165, 1.54) is 24.3 Å². The number of amides is 1. The lowest BCUT2D eigenvalue weighted by molar-refractivity contribution is -0.148. The summed E-state index contributed by atoms with van der Waals surface area (Å²) < 4.78 is 23.0. The molecule has 2 aromatic rings. The smallest absolute Gasteiger partial charge is 0.331 e. The van der Waals surface area contributed by atoms with Crippen molar-refractivity contribution in [3.8, 4) is 5.75 Å². The molecule has 0 spiro atoms. The highest BCUT2D eigenvalue weighted by molar-refractivity contribution is 5.89. The third-order valence-electron chi connectivity index (χ3n) is 4.69. The number of ether oxygens (including phenoxy) is 2. The van der Waals surface area contributed by atoms with Crippen LogP contribution in [0.3, 0.4) is 0 Å². The minimum absolute atomic E-state index is 0.220. The number of rotatable bonds is 6. The van der Waals surface area contributed by atoms with Crippen LogP contribution in [0, 0.1) is 5.82 Å². The Hall–Kier alpha value is -3.35. The van der Waals surface area contributed by atoms with Crippen molar-refractivity contribution in [2.45, 2.75) is 0 Å². The van der Waals surface area contributed by atoms with E-state index in [2.05, 4.69) is 4.90 Å². The maximum Gasteiger partial charge on any atom is 0.331 e. The maximum absolute atomic E-state index is 12.9. The highest BCUT2D eigenvalue weighted by atomic mass is 19.1. The molecule has 3 rings (SSSR count). The van der Waals surface area contributed by atoms with Crippen molar-refractivity contribution < 1.29 is 23.5 Å². The molecule has 1 fully saturated rings. The molecule has 0 saturated carbocycles. The Morgan fingerprint density at radius 3 is 2.28 bits per heavy atom. The maximum atomic E-state index is 12.9. The summed E-state index contributed by atoms with van der Waals surface area (Å²) in [5, 5.41) is 0. The predicted octanol–water partition coefficient (Wildman–Crippen LogP) is 2.74. The Kier molecular flexibility index (Phi) is 6.84. The largest absolute Gasteiger partial charge is 0.497 e. The van der Waals surface area contributed by atoms with Crippen molar-refractivity contribution in [1.29, 1.82) is 0 Å². The van der Waals surface area contributed by atoms with E-state index in [4.69, 9.17) is 9.47 Å². The minimum atomic E-state index is -0.612. The summed E-state index contributed by atoms with van der Waals surface area (Å²) in [5.74, 6) is -0.372. The van der Waals surface area contributed by atoms with Gasteiger partial charge in [0.05, 0.1) is 7.11 Å². The summed E-state index contributed by atoms with van der Waals surface area (Å²) >= 11 is 0. The Bertz CT molecular complexity index is 857. The van der Waals surface area contributed by atoms with E-state index in [0.717, 1.165) is 11.4 Å². The predicted molar refractivity (Wildman–Crippen MR) is 108 cm³/mol. The zero-order valence-corrected chi connectivity index (χ0v) is 16.2. The van der Waals surface area contributed by atoms with Crippen molar-refractivity contribution in [3.05, 3.63) is 66.0 Å². The number of methoxy groups -OCH3 is 1. The van der Waals surface area contributed by atoms with Crippen LogP contribution in [0.25, 0.3) is 6.08 Å². The first-order valence-electron chi connectivity index (χ1n) is 9.32. The molecule has 1 heterocycles. The van der Waals surface area contributed by atoms with Gasteiger partial charge in [-0.3, -0.25) is 4.79 Å². The van der Waals surface area contributed by atoms with E-state index in [0.29, 0.717) is 31.7 Å². The SMILES string of the molecule is COc1ccc(N2CCN(C(=O)COC(=O)/C=C/c3ccc(F)cc3)CC2)cc1. The summed E-state index contributed by atoms with van der Waals surface area (Å²) in [5.41, 5.74) is 1.75. The lowest BCUT2D eigenvalue weighted by Gasteiger charge is -2.36. The first-order chi connectivity index (χ1) is 14.0. The standard InChI is InChI=1S/C22H23FN2O4/c1-28-20-9-7-19(8-10-20)24-12-14-25(15-13-24)21(26)16-29-22(27)11-4-17-2-5-18(23)6-3-17/h2-11H,12-16H2,1H3/b11-4+. The number of carbonyl (C=O) groups is 2. The molecule has 0 aromatic heterocycles. The molecule has 1 aliphatic rings. The zero-order valence-electron chi connectivity index (χ0n) is 16.2. The first kappa shape index (κ1) is 20.4. The van der Waals surface area contributed by atoms with E-state index in [1.807, 2.05) is 24.3 Å². The summed E-state index contributed by atoms with van der Waals surface area (Å²) in [6.07, 6.45) is 2.74. The van der Waals surface area contributed by atoms with Crippen LogP contribution in [0.1, 0.15) is 5.56 Å². The Balaban J connectivity index is 1.42. The van der Waals surface area contributed by atoms with E-state index in [-0.39, 0.29) is 18.3 Å². The molecule has 0 N–H and O–H groups in total. The van der Waals surface area contributed by atoms with Crippen LogP contribution in [0.4, 0.5) is 10.1 Å². The molecule has 0 aliphatic carbocycles. The third kappa shape index (κ3) is 5.81. The number of halogens is 1. The molecular formula is C22H23FN2O4. The molecule has 1 aliphatic heterocycles. The van der Waals surface area contributed by atoms with Gasteiger partial charge < -0.3 is 19.3 Å². The van der Waals surface area contributed by atoms with Crippen molar-refractivity contribution in [1.82, 2.24) is 4.90 Å². The van der Waals surface area contributed by atoms with Crippen LogP contribution in [-0.4, -0.2) is 56.7 Å². The van der Waals surface area contributed by atoms with E-state index in [9.17, 15) is 14.0 Å². The average molecular weight is 398 g/mol. The van der Waals surface area contributed by atoms with Crippen molar-refractivity contribution in [2.75, 3.05) is 44.8 Å². The van der Waals surface area contributed by atoms with Crippen LogP contribution >= 0.6 is 0 Å². The van der Waals surface area contributed by atoms with Gasteiger partial charge in [-0.1, -0.05) is 12.1 Å². The van der Waals surface area contributed by atoms with Gasteiger partial charge in [0.15, 0.2) is 6.61 Å². The second-order valence-corrected chi connectivity index (χ2v) is 6.56. The third-order valence-corrected chi connectivity index (χ3v) is 4.69. The van der Waals surface area contributed by atoms with Crippen LogP contribution in [0.15, 0.2) is 54.6 Å². The topological polar surface area (TPSA) is 59.1 Å². The van der Waals surface area contributed by atoms with Gasteiger partial charge in [0, 0.05) is 37.9 Å². The van der Waals surface area contributed by atoms with Crippen molar-refractivity contribution in [3.63, 3.8) is 0 Å². The first-order valence-corrected chi connectivity index (χ1v) is 9.32. The second kappa shape index (κ2) is 9.73. The quantitative estimate of drug-likeness (QED) is 0.553. The van der Waals surface area contributed by atoms with Crippen molar-refractivity contribution in [2.24, 2.45) is 0 Å². The molecule has 0 unspecified atom stereocenters. The van der Waals surface area contributed by atoms with Gasteiger partial charge in [0.2, 0.25) is 0 Å². The summed E-state index contributed by atoms with van der Waals surface area (Å²) in [6.45, 7) is 2.24. The highest BCUT2D eigenvalue weighted by Crippen LogP contribution is 2.20. The van der Waals surface area contributed by atoms with E-state index < -0.39 is 5.97 Å². The fraction of sp³-hybridized carbons (Fsp3) is 0.273. The highest BCUT2D eigenvalue weighted by Gasteiger charge is 2.22. The van der Waals surface area contributed by atoms with Crippen LogP contribution in [0.2, 0.25) is 0 Å². The Labute approximate surface area is 169 Å². The van der Waals surface area contributed by atoms with Crippen LogP contribution < -0.4 is 9.64 Å². The fourth-order valence-electron chi connectivity index (χ4n) is 3.02. The zero-order chi connectivity index (χ0) is 20.6. The monoisotopic (exact) mass is 398 g/mol. The lowest BCUT2D eigenvalue weighted by atomic mass is 10.2. The molecule has 29 heavy (non-hydrogen) atoms. The lowest BCUT2D eigenvalue weighted by Crippen LogP contribution is -2.49. The molecule has 0 atom stereocenters. The number of benzene rings is 2. The normalized spacial score (nSPS) is 14.1. The molecule has 152 valence electrons. The van der Waals surface area contributed by atoms with Gasteiger partial charge in [0.1, 0.15) is 11.6 Å². The Morgan fingerprint density at radius 1 is 1.00 bits per heavy atom. The van der Waals surface area contributed by atoms with Crippen molar-refractivity contribution >= 4 is 23.6 Å². The van der Waals surface area contributed by atoms with Gasteiger partial charge in [-0.2, -0.15) is 0 Å². The molecule has 7 heteroatoms. The van der Waals surface area contributed by atoms with Gasteiger partial charge in [-0.05, 0) is 48.0 Å². The molecule has 0 bridgehead atoms. The number of hydrogen-bond acceptors (Lipinski definition) is 5. The van der Waals surface area contributed by atoms with E-state index >= 15 is 0 Å². The minimum Gasteiger partial charge on any atom is -0.497 e. The number of nitrogens with zero attached hydrogens (tertiary/aromatic N) is 2. The van der Waals surface area contributed by atoms with Gasteiger partial charge in [-0.15, -0.1) is 0 Å². The number of anilines is 1. The number of piperazine rings is 1. The average Bonchev–Trinajstić information content (AvgIpc) is 2.77. The van der Waals surface area contributed by atoms with E-state index in [1.54, 1.807) is 24.1 Å². The van der Waals surface area contributed by atoms with Gasteiger partial charge in [-0.25, -0.2) is 9.18 Å². The molecule has 6 nitrogen and oxygen atoms in total. The molecule has 0 radical (unpaired) electrons. The summed E-state index contributed by atoms with van der Waals surface area (Å²) in [6, 6.07) is 13.5. The molecule has 2 aromatic carbocycles. The number of hydrogen-bond donors (Lipinski definition) is 0. The van der Waals surface area contributed by atoms with Gasteiger partial charge in [0.25, 0.3) is 5.91 Å². The Morgan fingerprint density at radius 2 is 1.66 bits per heavy atom. The number of carbonyl (C=O) groups excluding carboxylic acids is 2. The summed E-state index contributed by atoms with van der Waals surface area (Å²) in [7, 11) is 1.63. The molecule has 1 amide bonds.